The Morgan fingerprint density at radius 1 is 1.25 bits per heavy atom. The molecule has 1 aromatic carbocycles. The average molecular weight is 503 g/mol. The Hall–Kier alpha value is -2.04. The van der Waals surface area contributed by atoms with Gasteiger partial charge in [-0.05, 0) is 24.3 Å². The van der Waals surface area contributed by atoms with E-state index in [0.717, 1.165) is 23.3 Å². The van der Waals surface area contributed by atoms with Crippen molar-refractivity contribution in [1.29, 1.82) is 0 Å². The molecular formula is C19H30IN5O3. The summed E-state index contributed by atoms with van der Waals surface area (Å²) in [6.07, 6.45) is 0.648. The van der Waals surface area contributed by atoms with Gasteiger partial charge in [0.25, 0.3) is 0 Å². The summed E-state index contributed by atoms with van der Waals surface area (Å²) in [6.45, 7) is 5.99. The maximum Gasteiger partial charge on any atom is 0.228 e. The van der Waals surface area contributed by atoms with Crippen LogP contribution in [0.25, 0.3) is 0 Å². The largest absolute Gasteiger partial charge is 0.497 e. The summed E-state index contributed by atoms with van der Waals surface area (Å²) >= 11 is 0. The van der Waals surface area contributed by atoms with Gasteiger partial charge in [-0.2, -0.15) is 4.98 Å². The van der Waals surface area contributed by atoms with E-state index in [1.54, 1.807) is 14.2 Å². The van der Waals surface area contributed by atoms with E-state index in [9.17, 15) is 0 Å². The molecule has 28 heavy (non-hydrogen) atoms. The number of methoxy groups -OCH3 is 1. The van der Waals surface area contributed by atoms with Gasteiger partial charge in [0.05, 0.1) is 13.7 Å². The molecule has 0 radical (unpaired) electrons. The number of likely N-dealkylation sites (N-methyl/N-ethyl adjacent to an activating group) is 1. The van der Waals surface area contributed by atoms with Gasteiger partial charge in [-0.25, -0.2) is 0 Å². The fourth-order valence-electron chi connectivity index (χ4n) is 2.35. The van der Waals surface area contributed by atoms with Crippen LogP contribution in [0.5, 0.6) is 11.5 Å². The highest BCUT2D eigenvalue weighted by Gasteiger charge is 2.10. The third-order valence-corrected chi connectivity index (χ3v) is 3.95. The molecule has 2 rings (SSSR count). The summed E-state index contributed by atoms with van der Waals surface area (Å²) in [5.74, 6) is 4.04. The van der Waals surface area contributed by atoms with Crippen molar-refractivity contribution in [3.8, 4) is 11.5 Å². The summed E-state index contributed by atoms with van der Waals surface area (Å²) in [5, 5.41) is 7.27. The lowest BCUT2D eigenvalue weighted by atomic mass is 10.2. The average Bonchev–Trinajstić information content (AvgIpc) is 3.15. The summed E-state index contributed by atoms with van der Waals surface area (Å²) in [4.78, 5) is 10.7. The van der Waals surface area contributed by atoms with Gasteiger partial charge in [-0.3, -0.25) is 4.99 Å². The molecule has 0 saturated heterocycles. The Morgan fingerprint density at radius 2 is 1.93 bits per heavy atom. The van der Waals surface area contributed by atoms with E-state index in [-0.39, 0.29) is 29.9 Å². The van der Waals surface area contributed by atoms with Crippen molar-refractivity contribution in [2.24, 2.45) is 4.99 Å². The number of halogens is 1. The highest BCUT2D eigenvalue weighted by Crippen LogP contribution is 2.16. The predicted molar refractivity (Wildman–Crippen MR) is 120 cm³/mol. The molecule has 1 heterocycles. The lowest BCUT2D eigenvalue weighted by molar-refractivity contribution is 0.281. The Balaban J connectivity index is 0.00000392. The maximum absolute atomic E-state index is 5.76. The monoisotopic (exact) mass is 503 g/mol. The standard InChI is InChI=1S/C19H29N5O3.HI/c1-14(2)18-22-17(27-23-18)10-11-21-19(20-3)24(4)12-13-26-16-8-6-15(25-5)7-9-16;/h6-9,14H,10-13H2,1-5H3,(H,20,21);1H. The first-order chi connectivity index (χ1) is 13.0. The number of ether oxygens (including phenoxy) is 2. The van der Waals surface area contributed by atoms with Crippen LogP contribution in [0, 0.1) is 0 Å². The molecule has 156 valence electrons. The fourth-order valence-corrected chi connectivity index (χ4v) is 2.35. The van der Waals surface area contributed by atoms with Crippen LogP contribution in [0.2, 0.25) is 0 Å². The van der Waals surface area contributed by atoms with Gasteiger partial charge in [-0.1, -0.05) is 19.0 Å². The molecule has 0 atom stereocenters. The molecule has 0 aliphatic heterocycles. The van der Waals surface area contributed by atoms with E-state index in [2.05, 4.69) is 20.4 Å². The zero-order chi connectivity index (χ0) is 19.6. The molecule has 9 heteroatoms. The zero-order valence-corrected chi connectivity index (χ0v) is 19.5. The first-order valence-corrected chi connectivity index (χ1v) is 9.04. The topological polar surface area (TPSA) is 85.0 Å². The number of nitrogens with one attached hydrogen (secondary N) is 1. The van der Waals surface area contributed by atoms with Crippen LogP contribution < -0.4 is 14.8 Å². The Morgan fingerprint density at radius 3 is 2.50 bits per heavy atom. The second-order valence-corrected chi connectivity index (χ2v) is 6.37. The van der Waals surface area contributed by atoms with Crippen LogP contribution in [-0.2, 0) is 6.42 Å². The van der Waals surface area contributed by atoms with Gasteiger partial charge in [0.2, 0.25) is 5.89 Å². The van der Waals surface area contributed by atoms with Gasteiger partial charge in [0, 0.05) is 33.0 Å². The van der Waals surface area contributed by atoms with Gasteiger partial charge in [0.1, 0.15) is 18.1 Å². The number of hydrogen-bond donors (Lipinski definition) is 1. The number of aromatic nitrogens is 2. The van der Waals surface area contributed by atoms with Gasteiger partial charge in [-0.15, -0.1) is 24.0 Å². The zero-order valence-electron chi connectivity index (χ0n) is 17.1. The predicted octanol–water partition coefficient (Wildman–Crippen LogP) is 2.95. The van der Waals surface area contributed by atoms with Gasteiger partial charge < -0.3 is 24.2 Å². The smallest absolute Gasteiger partial charge is 0.228 e. The number of rotatable bonds is 9. The lowest BCUT2D eigenvalue weighted by Gasteiger charge is -2.22. The van der Waals surface area contributed by atoms with E-state index in [4.69, 9.17) is 14.0 Å². The quantitative estimate of drug-likeness (QED) is 0.320. The highest BCUT2D eigenvalue weighted by molar-refractivity contribution is 14.0. The Labute approximate surface area is 183 Å². The summed E-state index contributed by atoms with van der Waals surface area (Å²) in [5.41, 5.74) is 0. The second-order valence-electron chi connectivity index (χ2n) is 6.37. The number of nitrogens with zero attached hydrogens (tertiary/aromatic N) is 4. The normalized spacial score (nSPS) is 11.1. The minimum atomic E-state index is 0. The lowest BCUT2D eigenvalue weighted by Crippen LogP contribution is -2.41. The number of hydrogen-bond acceptors (Lipinski definition) is 6. The fraction of sp³-hybridized carbons (Fsp3) is 0.526. The molecule has 0 aliphatic carbocycles. The molecule has 8 nitrogen and oxygen atoms in total. The van der Waals surface area contributed by atoms with Crippen LogP contribution >= 0.6 is 24.0 Å². The van der Waals surface area contributed by atoms with Gasteiger partial charge >= 0.3 is 0 Å². The van der Waals surface area contributed by atoms with E-state index in [1.807, 2.05) is 50.1 Å². The molecule has 0 bridgehead atoms. The number of guanidine groups is 1. The van der Waals surface area contributed by atoms with Crippen molar-refractivity contribution >= 4 is 29.9 Å². The Kier molecular flexibility index (Phi) is 10.6. The van der Waals surface area contributed by atoms with Crippen molar-refractivity contribution < 1.29 is 14.0 Å². The van der Waals surface area contributed by atoms with Crippen molar-refractivity contribution in [3.05, 3.63) is 36.0 Å². The SMILES string of the molecule is CN=C(NCCc1nc(C(C)C)no1)N(C)CCOc1ccc(OC)cc1.I. The molecule has 0 spiro atoms. The maximum atomic E-state index is 5.76. The molecule has 0 aliphatic rings. The molecule has 1 N–H and O–H groups in total. The van der Waals surface area contributed by atoms with Crippen molar-refractivity contribution in [2.75, 3.05) is 40.9 Å². The van der Waals surface area contributed by atoms with Crippen LogP contribution in [0.4, 0.5) is 0 Å². The molecule has 0 unspecified atom stereocenters. The molecule has 0 amide bonds. The minimum absolute atomic E-state index is 0. The third-order valence-electron chi connectivity index (χ3n) is 3.95. The number of benzene rings is 1. The van der Waals surface area contributed by atoms with Crippen LogP contribution in [0.15, 0.2) is 33.8 Å². The van der Waals surface area contributed by atoms with E-state index in [0.29, 0.717) is 32.0 Å². The number of aliphatic imine (C=N–C) groups is 1. The van der Waals surface area contributed by atoms with Crippen LogP contribution in [-0.4, -0.2) is 61.9 Å². The minimum Gasteiger partial charge on any atom is -0.497 e. The van der Waals surface area contributed by atoms with Crippen molar-refractivity contribution in [3.63, 3.8) is 0 Å². The summed E-state index contributed by atoms with van der Waals surface area (Å²) < 4.78 is 16.1. The molecule has 0 saturated carbocycles. The Bertz CT molecular complexity index is 719. The molecule has 2 aromatic rings. The van der Waals surface area contributed by atoms with Crippen LogP contribution in [0.3, 0.4) is 0 Å². The first kappa shape index (κ1) is 24.0. The van der Waals surface area contributed by atoms with E-state index in [1.165, 1.54) is 0 Å². The molecule has 0 fully saturated rings. The summed E-state index contributed by atoms with van der Waals surface area (Å²) in [7, 11) is 5.37. The third kappa shape index (κ3) is 7.53. The highest BCUT2D eigenvalue weighted by atomic mass is 127. The van der Waals surface area contributed by atoms with E-state index < -0.39 is 0 Å². The van der Waals surface area contributed by atoms with Crippen LogP contribution in [0.1, 0.15) is 31.5 Å². The van der Waals surface area contributed by atoms with Crippen molar-refractivity contribution in [1.82, 2.24) is 20.4 Å². The van der Waals surface area contributed by atoms with Crippen molar-refractivity contribution in [2.45, 2.75) is 26.2 Å². The first-order valence-electron chi connectivity index (χ1n) is 9.04. The van der Waals surface area contributed by atoms with E-state index >= 15 is 0 Å². The molecular weight excluding hydrogens is 473 g/mol. The molecule has 1 aromatic heterocycles. The second kappa shape index (κ2) is 12.4. The summed E-state index contributed by atoms with van der Waals surface area (Å²) in [6, 6.07) is 7.53. The van der Waals surface area contributed by atoms with Gasteiger partial charge in [0.15, 0.2) is 11.8 Å².